The van der Waals surface area contributed by atoms with Crippen LogP contribution in [0.5, 0.6) is 0 Å². The van der Waals surface area contributed by atoms with Gasteiger partial charge in [-0.15, -0.1) is 0 Å². The van der Waals surface area contributed by atoms with E-state index < -0.39 is 24.1 Å². The zero-order chi connectivity index (χ0) is 20.4. The van der Waals surface area contributed by atoms with Gasteiger partial charge >= 0.3 is 12.1 Å². The molecule has 0 fully saturated rings. The first-order chi connectivity index (χ1) is 12.8. The molecule has 148 valence electrons. The summed E-state index contributed by atoms with van der Waals surface area (Å²) in [6.07, 6.45) is 4.71. The van der Waals surface area contributed by atoms with E-state index >= 15 is 0 Å². The van der Waals surface area contributed by atoms with Gasteiger partial charge in [0.2, 0.25) is 0 Å². The van der Waals surface area contributed by atoms with Gasteiger partial charge in [0.05, 0.1) is 7.11 Å². The van der Waals surface area contributed by atoms with Crippen LogP contribution in [0.1, 0.15) is 40.0 Å². The molecule has 0 aromatic rings. The number of carbonyl (C=O) groups excluding carboxylic acids is 3. The first-order valence-electron chi connectivity index (χ1n) is 8.95. The lowest BCUT2D eigenvalue weighted by molar-refractivity contribution is -0.147. The highest BCUT2D eigenvalue weighted by molar-refractivity contribution is 6.03. The number of alkyl carbamates (subject to hydrolysis) is 1. The van der Waals surface area contributed by atoms with Crippen LogP contribution in [0.3, 0.4) is 0 Å². The third-order valence-electron chi connectivity index (χ3n) is 4.29. The summed E-state index contributed by atoms with van der Waals surface area (Å²) in [5.41, 5.74) is 0. The molecule has 4 unspecified atom stereocenters. The number of nitrogens with one attached hydrogen (secondary N) is 1. The summed E-state index contributed by atoms with van der Waals surface area (Å²) in [6.45, 7) is 5.43. The van der Waals surface area contributed by atoms with Gasteiger partial charge in [0.15, 0.2) is 11.7 Å². The molecule has 4 atom stereocenters. The highest BCUT2D eigenvalue weighted by Gasteiger charge is 2.32. The van der Waals surface area contributed by atoms with Gasteiger partial charge in [-0.05, 0) is 25.3 Å². The number of esters is 1. The Hall–Kier alpha value is -2.59. The van der Waals surface area contributed by atoms with E-state index in [0.717, 1.165) is 0 Å². The van der Waals surface area contributed by atoms with Crippen molar-refractivity contribution in [1.29, 1.82) is 0 Å². The predicted molar refractivity (Wildman–Crippen MR) is 99.0 cm³/mol. The van der Waals surface area contributed by atoms with Gasteiger partial charge in [-0.1, -0.05) is 38.7 Å². The Labute approximate surface area is 159 Å². The van der Waals surface area contributed by atoms with E-state index in [1.165, 1.54) is 19.4 Å². The zero-order valence-electron chi connectivity index (χ0n) is 16.2. The normalized spacial score (nSPS) is 23.6. The van der Waals surface area contributed by atoms with Gasteiger partial charge in [-0.3, -0.25) is 10.1 Å². The van der Waals surface area contributed by atoms with Crippen molar-refractivity contribution in [1.82, 2.24) is 5.32 Å². The van der Waals surface area contributed by atoms with Crippen molar-refractivity contribution >= 4 is 17.8 Å². The summed E-state index contributed by atoms with van der Waals surface area (Å²) in [6, 6.07) is 0. The van der Waals surface area contributed by atoms with E-state index in [2.05, 4.69) is 21.9 Å². The fourth-order valence-corrected chi connectivity index (χ4v) is 2.33. The Bertz CT molecular complexity index is 670. The van der Waals surface area contributed by atoms with Crippen molar-refractivity contribution in [2.24, 2.45) is 17.8 Å². The fraction of sp³-hybridized carbons (Fsp3) is 0.550. The molecule has 0 aliphatic carbocycles. The fourth-order valence-electron chi connectivity index (χ4n) is 2.33. The van der Waals surface area contributed by atoms with Crippen molar-refractivity contribution < 1.29 is 29.0 Å². The molecule has 1 heterocycles. The van der Waals surface area contributed by atoms with Crippen molar-refractivity contribution in [2.45, 2.75) is 46.1 Å². The molecule has 7 heteroatoms. The molecule has 0 saturated carbocycles. The Morgan fingerprint density at radius 3 is 2.74 bits per heavy atom. The molecule has 0 saturated heterocycles. The van der Waals surface area contributed by atoms with E-state index in [0.29, 0.717) is 19.3 Å². The number of ketones is 1. The number of allylic oxidation sites excluding steroid dienone is 2. The van der Waals surface area contributed by atoms with Crippen LogP contribution in [0.25, 0.3) is 0 Å². The summed E-state index contributed by atoms with van der Waals surface area (Å²) in [5, 5.41) is 12.4. The van der Waals surface area contributed by atoms with Crippen molar-refractivity contribution in [2.75, 3.05) is 7.11 Å². The number of methoxy groups -OCH3 is 1. The third kappa shape index (κ3) is 7.27. The van der Waals surface area contributed by atoms with E-state index in [1.54, 1.807) is 13.0 Å². The lowest BCUT2D eigenvalue weighted by atomic mass is 9.91. The van der Waals surface area contributed by atoms with E-state index in [9.17, 15) is 19.5 Å². The molecule has 0 spiro atoms. The van der Waals surface area contributed by atoms with Crippen molar-refractivity contribution in [3.8, 4) is 11.8 Å². The monoisotopic (exact) mass is 377 g/mol. The van der Waals surface area contributed by atoms with Crippen LogP contribution in [0, 0.1) is 29.6 Å². The first kappa shape index (κ1) is 22.5. The number of Topliss-reactive ketones (excluding diaryl/α,β-unsaturated/α-hetero) is 1. The maximum absolute atomic E-state index is 12.4. The van der Waals surface area contributed by atoms with Gasteiger partial charge < -0.3 is 14.6 Å². The minimum atomic E-state index is -1.19. The van der Waals surface area contributed by atoms with Crippen LogP contribution in [-0.4, -0.2) is 36.2 Å². The SMILES string of the molecule is CCC(C)C(=O)C1C#CC(O)/C=C(/C(C)CC/C=C/NC(=O)OC)OC1=O. The van der Waals surface area contributed by atoms with Crippen molar-refractivity contribution in [3.63, 3.8) is 0 Å². The Kier molecular flexibility index (Phi) is 9.31. The number of rotatable bonds is 8. The minimum absolute atomic E-state index is 0.189. The molecule has 7 nitrogen and oxygen atoms in total. The summed E-state index contributed by atoms with van der Waals surface area (Å²) < 4.78 is 9.83. The lowest BCUT2D eigenvalue weighted by Crippen LogP contribution is -2.31. The number of carbonyl (C=O) groups is 3. The van der Waals surface area contributed by atoms with Crippen LogP contribution >= 0.6 is 0 Å². The molecule has 0 radical (unpaired) electrons. The Morgan fingerprint density at radius 1 is 1.41 bits per heavy atom. The second-order valence-corrected chi connectivity index (χ2v) is 6.39. The van der Waals surface area contributed by atoms with Crippen LogP contribution in [-0.2, 0) is 19.1 Å². The molecule has 27 heavy (non-hydrogen) atoms. The standard InChI is InChI=1S/C20H27NO6/c1-5-13(2)18(23)16-10-9-15(22)12-17(27-19(16)24)14(3)8-6-7-11-21-20(25)26-4/h7,11-16,22H,5-6,8H2,1-4H3,(H,21,25)/b11-7+,17-12-. The molecule has 1 amide bonds. The highest BCUT2D eigenvalue weighted by atomic mass is 16.5. The summed E-state index contributed by atoms with van der Waals surface area (Å²) in [5.74, 6) is 2.67. The van der Waals surface area contributed by atoms with E-state index in [1.807, 2.05) is 13.8 Å². The second kappa shape index (κ2) is 11.2. The Balaban J connectivity index is 2.75. The molecule has 0 aromatic carbocycles. The number of cyclic esters (lactones) is 1. The highest BCUT2D eigenvalue weighted by Crippen LogP contribution is 2.23. The van der Waals surface area contributed by atoms with Gasteiger partial charge in [0, 0.05) is 18.0 Å². The number of ether oxygens (including phenoxy) is 2. The van der Waals surface area contributed by atoms with Crippen LogP contribution in [0.2, 0.25) is 0 Å². The zero-order valence-corrected chi connectivity index (χ0v) is 16.2. The molecule has 0 bridgehead atoms. The smallest absolute Gasteiger partial charge is 0.410 e. The number of hydrogen-bond acceptors (Lipinski definition) is 6. The largest absolute Gasteiger partial charge is 0.453 e. The number of hydrogen-bond donors (Lipinski definition) is 2. The summed E-state index contributed by atoms with van der Waals surface area (Å²) in [7, 11) is 1.27. The molecule has 1 rings (SSSR count). The number of aliphatic hydroxyl groups is 1. The molecule has 1 aliphatic heterocycles. The van der Waals surface area contributed by atoms with Crippen LogP contribution in [0.4, 0.5) is 4.79 Å². The first-order valence-corrected chi connectivity index (χ1v) is 8.95. The average molecular weight is 377 g/mol. The van der Waals surface area contributed by atoms with Gasteiger partial charge in [-0.25, -0.2) is 9.59 Å². The van der Waals surface area contributed by atoms with Crippen LogP contribution < -0.4 is 5.32 Å². The molecule has 2 N–H and O–H groups in total. The average Bonchev–Trinajstić information content (AvgIpc) is 2.64. The number of amides is 1. The molecular weight excluding hydrogens is 350 g/mol. The lowest BCUT2D eigenvalue weighted by Gasteiger charge is -2.20. The maximum atomic E-state index is 12.4. The molecule has 1 aliphatic rings. The van der Waals surface area contributed by atoms with Gasteiger partial charge in [0.1, 0.15) is 11.9 Å². The van der Waals surface area contributed by atoms with E-state index in [4.69, 9.17) is 4.74 Å². The van der Waals surface area contributed by atoms with Crippen LogP contribution in [0.15, 0.2) is 24.1 Å². The molecular formula is C20H27NO6. The van der Waals surface area contributed by atoms with Crippen molar-refractivity contribution in [3.05, 3.63) is 24.1 Å². The van der Waals surface area contributed by atoms with Gasteiger partial charge in [0.25, 0.3) is 0 Å². The minimum Gasteiger partial charge on any atom is -0.453 e. The Morgan fingerprint density at radius 2 is 2.11 bits per heavy atom. The third-order valence-corrected chi connectivity index (χ3v) is 4.29. The maximum Gasteiger partial charge on any atom is 0.410 e. The molecule has 0 aromatic heterocycles. The number of aliphatic hydroxyl groups excluding tert-OH is 1. The topological polar surface area (TPSA) is 102 Å². The summed E-state index contributed by atoms with van der Waals surface area (Å²) in [4.78, 5) is 35.7. The predicted octanol–water partition coefficient (Wildman–Crippen LogP) is 2.31. The second-order valence-electron chi connectivity index (χ2n) is 6.39. The summed E-state index contributed by atoms with van der Waals surface area (Å²) >= 11 is 0. The van der Waals surface area contributed by atoms with E-state index in [-0.39, 0.29) is 23.4 Å². The van der Waals surface area contributed by atoms with Gasteiger partial charge in [-0.2, -0.15) is 0 Å². The quantitative estimate of drug-likeness (QED) is 0.382.